The highest BCUT2D eigenvalue weighted by molar-refractivity contribution is 5.37. The minimum Gasteiger partial charge on any atom is -0.362 e. The molecule has 20 heavy (non-hydrogen) atoms. The predicted molar refractivity (Wildman–Crippen MR) is 65.5 cm³/mol. The van der Waals surface area contributed by atoms with Crippen molar-refractivity contribution in [2.24, 2.45) is 0 Å². The van der Waals surface area contributed by atoms with E-state index in [4.69, 9.17) is 0 Å². The topological polar surface area (TPSA) is 37.8 Å². The molecule has 106 valence electrons. The highest BCUT2D eigenvalue weighted by atomic mass is 19.4. The van der Waals surface area contributed by atoms with Crippen molar-refractivity contribution in [2.45, 2.75) is 19.1 Å². The fraction of sp³-hybridized carbons (Fsp3) is 0.231. The molecule has 1 atom stereocenters. The molecule has 0 aliphatic rings. The number of nitrogens with one attached hydrogen (secondary N) is 1. The van der Waals surface area contributed by atoms with Gasteiger partial charge in [-0.05, 0) is 25.1 Å². The van der Waals surface area contributed by atoms with Crippen molar-refractivity contribution < 1.29 is 17.6 Å². The minimum absolute atomic E-state index is 0.147. The van der Waals surface area contributed by atoms with Gasteiger partial charge < -0.3 is 5.32 Å². The van der Waals surface area contributed by atoms with Gasteiger partial charge in [-0.15, -0.1) is 10.2 Å². The van der Waals surface area contributed by atoms with E-state index in [-0.39, 0.29) is 5.82 Å². The first kappa shape index (κ1) is 14.2. The van der Waals surface area contributed by atoms with Crippen LogP contribution in [-0.2, 0) is 6.18 Å². The number of aromatic nitrogens is 2. The summed E-state index contributed by atoms with van der Waals surface area (Å²) >= 11 is 0. The molecule has 1 N–H and O–H groups in total. The van der Waals surface area contributed by atoms with Gasteiger partial charge in [0.25, 0.3) is 0 Å². The van der Waals surface area contributed by atoms with E-state index in [9.17, 15) is 17.6 Å². The lowest BCUT2D eigenvalue weighted by Crippen LogP contribution is -2.13. The van der Waals surface area contributed by atoms with E-state index >= 15 is 0 Å². The molecule has 0 bridgehead atoms. The molecule has 7 heteroatoms. The van der Waals surface area contributed by atoms with Crippen LogP contribution in [-0.4, -0.2) is 10.2 Å². The van der Waals surface area contributed by atoms with Gasteiger partial charge in [0.2, 0.25) is 0 Å². The predicted octanol–water partition coefficient (Wildman–Crippen LogP) is 3.81. The van der Waals surface area contributed by atoms with Gasteiger partial charge in [-0.25, -0.2) is 4.39 Å². The summed E-state index contributed by atoms with van der Waals surface area (Å²) in [5.41, 5.74) is -0.671. The monoisotopic (exact) mass is 285 g/mol. The summed E-state index contributed by atoms with van der Waals surface area (Å²) in [5, 5.41) is 9.32. The molecule has 2 aromatic rings. The van der Waals surface area contributed by atoms with Gasteiger partial charge in [0.05, 0.1) is 6.04 Å². The van der Waals surface area contributed by atoms with Crippen LogP contribution in [0, 0.1) is 5.82 Å². The Morgan fingerprint density at radius 3 is 2.30 bits per heavy atom. The normalized spacial score (nSPS) is 13.1. The Bertz CT molecular complexity index is 581. The number of hydrogen-bond acceptors (Lipinski definition) is 3. The third-order valence-electron chi connectivity index (χ3n) is 2.69. The summed E-state index contributed by atoms with van der Waals surface area (Å²) in [6, 6.07) is 7.67. The lowest BCUT2D eigenvalue weighted by atomic mass is 10.1. The molecule has 1 unspecified atom stereocenters. The Kier molecular flexibility index (Phi) is 3.87. The van der Waals surface area contributed by atoms with Gasteiger partial charge in [-0.2, -0.15) is 13.2 Å². The van der Waals surface area contributed by atoms with E-state index in [0.717, 1.165) is 12.1 Å². The van der Waals surface area contributed by atoms with Crippen molar-refractivity contribution in [3.63, 3.8) is 0 Å². The number of halogens is 4. The van der Waals surface area contributed by atoms with Crippen molar-refractivity contribution >= 4 is 5.82 Å². The van der Waals surface area contributed by atoms with Gasteiger partial charge in [0.1, 0.15) is 11.6 Å². The van der Waals surface area contributed by atoms with Crippen LogP contribution in [0.1, 0.15) is 24.2 Å². The zero-order valence-electron chi connectivity index (χ0n) is 10.4. The number of alkyl halides is 3. The van der Waals surface area contributed by atoms with Crippen molar-refractivity contribution in [3.05, 3.63) is 53.5 Å². The molecule has 0 fully saturated rings. The number of hydrogen-bond donors (Lipinski definition) is 1. The van der Waals surface area contributed by atoms with Crippen LogP contribution in [0.3, 0.4) is 0 Å². The Balaban J connectivity index is 2.13. The molecule has 0 spiro atoms. The fourth-order valence-corrected chi connectivity index (χ4v) is 1.69. The second kappa shape index (κ2) is 5.44. The summed E-state index contributed by atoms with van der Waals surface area (Å²) in [6.45, 7) is 1.68. The average molecular weight is 285 g/mol. The molecule has 1 heterocycles. The van der Waals surface area contributed by atoms with Crippen molar-refractivity contribution in [1.29, 1.82) is 0 Å². The van der Waals surface area contributed by atoms with Gasteiger partial charge in [-0.3, -0.25) is 0 Å². The number of nitrogens with zero attached hydrogens (tertiary/aromatic N) is 2. The molecular weight excluding hydrogens is 274 g/mol. The van der Waals surface area contributed by atoms with E-state index in [2.05, 4.69) is 15.5 Å². The Morgan fingerprint density at radius 2 is 1.75 bits per heavy atom. The maximum absolute atomic E-state index is 13.5. The van der Waals surface area contributed by atoms with Crippen LogP contribution in [0.25, 0.3) is 0 Å². The minimum atomic E-state index is -4.53. The largest absolute Gasteiger partial charge is 0.435 e. The Labute approximate surface area is 112 Å². The highest BCUT2D eigenvalue weighted by Gasteiger charge is 2.32. The number of rotatable bonds is 3. The molecule has 1 aromatic carbocycles. The maximum Gasteiger partial charge on any atom is 0.435 e. The van der Waals surface area contributed by atoms with Crippen molar-refractivity contribution in [3.8, 4) is 0 Å². The average Bonchev–Trinajstić information content (AvgIpc) is 2.38. The van der Waals surface area contributed by atoms with E-state index in [1.165, 1.54) is 6.07 Å². The molecule has 1 aromatic heterocycles. The molecule has 0 saturated heterocycles. The first-order valence-corrected chi connectivity index (χ1v) is 5.80. The molecule has 0 radical (unpaired) electrons. The van der Waals surface area contributed by atoms with Gasteiger partial charge in [0, 0.05) is 5.56 Å². The van der Waals surface area contributed by atoms with Gasteiger partial charge in [0.15, 0.2) is 5.69 Å². The van der Waals surface area contributed by atoms with Crippen LogP contribution in [0.5, 0.6) is 0 Å². The number of anilines is 1. The molecule has 0 aliphatic heterocycles. The standard InChI is InChI=1S/C13H11F4N3/c1-8(9-4-2-3-5-10(9)14)18-12-7-6-11(19-20-12)13(15,16)17/h2-8H,1H3,(H,18,20). The summed E-state index contributed by atoms with van der Waals surface area (Å²) in [7, 11) is 0. The van der Waals surface area contributed by atoms with Crippen molar-refractivity contribution in [1.82, 2.24) is 10.2 Å². The van der Waals surface area contributed by atoms with E-state index in [0.29, 0.717) is 5.56 Å². The smallest absolute Gasteiger partial charge is 0.362 e. The molecule has 2 rings (SSSR count). The Hall–Kier alpha value is -2.18. The molecular formula is C13H11F4N3. The third-order valence-corrected chi connectivity index (χ3v) is 2.69. The van der Waals surface area contributed by atoms with Crippen molar-refractivity contribution in [2.75, 3.05) is 5.32 Å². The van der Waals surface area contributed by atoms with Crippen LogP contribution < -0.4 is 5.32 Å². The van der Waals surface area contributed by atoms with Crippen LogP contribution in [0.2, 0.25) is 0 Å². The zero-order chi connectivity index (χ0) is 14.8. The van der Waals surface area contributed by atoms with Gasteiger partial charge in [-0.1, -0.05) is 18.2 Å². The van der Waals surface area contributed by atoms with Crippen LogP contribution >= 0.6 is 0 Å². The van der Waals surface area contributed by atoms with E-state index in [1.807, 2.05) is 0 Å². The van der Waals surface area contributed by atoms with Gasteiger partial charge >= 0.3 is 6.18 Å². The Morgan fingerprint density at radius 1 is 1.05 bits per heavy atom. The molecule has 0 saturated carbocycles. The lowest BCUT2D eigenvalue weighted by Gasteiger charge is -2.15. The second-order valence-electron chi connectivity index (χ2n) is 4.19. The summed E-state index contributed by atoms with van der Waals surface area (Å²) in [4.78, 5) is 0. The van der Waals surface area contributed by atoms with E-state index < -0.39 is 23.7 Å². The SMILES string of the molecule is CC(Nc1ccc(C(F)(F)F)nn1)c1ccccc1F. The highest BCUT2D eigenvalue weighted by Crippen LogP contribution is 2.27. The first-order valence-electron chi connectivity index (χ1n) is 5.80. The fourth-order valence-electron chi connectivity index (χ4n) is 1.69. The number of benzene rings is 1. The van der Waals surface area contributed by atoms with Crippen LogP contribution in [0.4, 0.5) is 23.4 Å². The van der Waals surface area contributed by atoms with Crippen LogP contribution in [0.15, 0.2) is 36.4 Å². The summed E-state index contributed by atoms with van der Waals surface area (Å²) < 4.78 is 50.5. The maximum atomic E-state index is 13.5. The first-order chi connectivity index (χ1) is 9.38. The molecule has 0 aliphatic carbocycles. The summed E-state index contributed by atoms with van der Waals surface area (Å²) in [6.07, 6.45) is -4.53. The third kappa shape index (κ3) is 3.23. The summed E-state index contributed by atoms with van der Waals surface area (Å²) in [5.74, 6) is -0.249. The van der Waals surface area contributed by atoms with E-state index in [1.54, 1.807) is 25.1 Å². The molecule has 3 nitrogen and oxygen atoms in total. The molecule has 0 amide bonds. The zero-order valence-corrected chi connectivity index (χ0v) is 10.4. The second-order valence-corrected chi connectivity index (χ2v) is 4.19. The lowest BCUT2D eigenvalue weighted by molar-refractivity contribution is -0.141. The quantitative estimate of drug-likeness (QED) is 0.871.